The SMILES string of the molecule is Cc1cccc(Cc2[nH]nc3cc(O)c(C(=O)N(C)c4cccc(C)c4)cc23)c1. The number of aromatic hydroxyl groups is 1. The van der Waals surface area contributed by atoms with Gasteiger partial charge in [-0.1, -0.05) is 42.0 Å². The number of hydrogen-bond donors (Lipinski definition) is 2. The first-order valence-corrected chi connectivity index (χ1v) is 9.52. The summed E-state index contributed by atoms with van der Waals surface area (Å²) in [7, 11) is 1.71. The van der Waals surface area contributed by atoms with Crippen LogP contribution in [0.2, 0.25) is 0 Å². The number of aryl methyl sites for hydroxylation is 2. The lowest BCUT2D eigenvalue weighted by molar-refractivity contribution is 0.0990. The molecule has 3 aromatic carbocycles. The Morgan fingerprint density at radius 2 is 1.76 bits per heavy atom. The van der Waals surface area contributed by atoms with Crippen LogP contribution in [0.1, 0.15) is 32.7 Å². The van der Waals surface area contributed by atoms with Gasteiger partial charge in [0.1, 0.15) is 5.75 Å². The van der Waals surface area contributed by atoms with Crippen LogP contribution in [0.15, 0.2) is 60.7 Å². The summed E-state index contributed by atoms with van der Waals surface area (Å²) >= 11 is 0. The quantitative estimate of drug-likeness (QED) is 0.532. The number of carbonyl (C=O) groups is 1. The first-order valence-electron chi connectivity index (χ1n) is 9.52. The molecule has 0 saturated heterocycles. The van der Waals surface area contributed by atoms with Gasteiger partial charge in [0.05, 0.1) is 11.1 Å². The van der Waals surface area contributed by atoms with E-state index in [0.717, 1.165) is 27.9 Å². The van der Waals surface area contributed by atoms with Crippen molar-refractivity contribution in [1.82, 2.24) is 10.2 Å². The summed E-state index contributed by atoms with van der Waals surface area (Å²) in [5.41, 5.74) is 6.01. The molecule has 0 fully saturated rings. The smallest absolute Gasteiger partial charge is 0.261 e. The molecule has 4 rings (SSSR count). The van der Waals surface area contributed by atoms with E-state index < -0.39 is 0 Å². The number of amides is 1. The van der Waals surface area contributed by atoms with Crippen molar-refractivity contribution in [2.45, 2.75) is 20.3 Å². The molecule has 29 heavy (non-hydrogen) atoms. The predicted octanol–water partition coefficient (Wildman–Crippen LogP) is 4.75. The van der Waals surface area contributed by atoms with Gasteiger partial charge >= 0.3 is 0 Å². The van der Waals surface area contributed by atoms with Gasteiger partial charge in [0.2, 0.25) is 0 Å². The maximum Gasteiger partial charge on any atom is 0.261 e. The van der Waals surface area contributed by atoms with Gasteiger partial charge in [-0.05, 0) is 43.2 Å². The van der Waals surface area contributed by atoms with Crippen molar-refractivity contribution in [3.63, 3.8) is 0 Å². The number of nitrogens with one attached hydrogen (secondary N) is 1. The molecule has 5 nitrogen and oxygen atoms in total. The van der Waals surface area contributed by atoms with Gasteiger partial charge in [-0.3, -0.25) is 9.89 Å². The minimum absolute atomic E-state index is 0.0735. The molecule has 0 saturated carbocycles. The second-order valence-electron chi connectivity index (χ2n) is 7.46. The highest BCUT2D eigenvalue weighted by atomic mass is 16.3. The Balaban J connectivity index is 1.71. The maximum atomic E-state index is 13.1. The molecule has 0 spiro atoms. The summed E-state index contributed by atoms with van der Waals surface area (Å²) in [6.07, 6.45) is 0.671. The lowest BCUT2D eigenvalue weighted by Crippen LogP contribution is -2.26. The second kappa shape index (κ2) is 7.43. The summed E-state index contributed by atoms with van der Waals surface area (Å²) in [5.74, 6) is -0.340. The zero-order valence-corrected chi connectivity index (χ0v) is 16.7. The molecule has 1 heterocycles. The van der Waals surface area contributed by atoms with Gasteiger partial charge < -0.3 is 10.0 Å². The summed E-state index contributed by atoms with van der Waals surface area (Å²) in [6.45, 7) is 4.04. The van der Waals surface area contributed by atoms with Crippen molar-refractivity contribution in [1.29, 1.82) is 0 Å². The van der Waals surface area contributed by atoms with E-state index in [1.54, 1.807) is 24.1 Å². The number of phenols is 1. The third-order valence-corrected chi connectivity index (χ3v) is 5.14. The predicted molar refractivity (Wildman–Crippen MR) is 116 cm³/mol. The molecular formula is C24H23N3O2. The van der Waals surface area contributed by atoms with Crippen LogP contribution in [0.3, 0.4) is 0 Å². The molecule has 0 aliphatic heterocycles. The first kappa shape index (κ1) is 18.7. The van der Waals surface area contributed by atoms with E-state index in [-0.39, 0.29) is 17.2 Å². The fraction of sp³-hybridized carbons (Fsp3) is 0.167. The summed E-state index contributed by atoms with van der Waals surface area (Å²) in [6, 6.07) is 19.3. The standard InChI is InChI=1S/C24H23N3O2/c1-15-6-4-8-17(10-15)12-21-19-13-20(23(28)14-22(19)26-25-21)24(29)27(3)18-9-5-7-16(2)11-18/h4-11,13-14,28H,12H2,1-3H3,(H,25,26). The molecule has 1 aromatic heterocycles. The molecule has 4 aromatic rings. The average Bonchev–Trinajstić information content (AvgIpc) is 3.07. The second-order valence-corrected chi connectivity index (χ2v) is 7.46. The Morgan fingerprint density at radius 1 is 1.03 bits per heavy atom. The fourth-order valence-electron chi connectivity index (χ4n) is 3.57. The highest BCUT2D eigenvalue weighted by Gasteiger charge is 2.20. The average molecular weight is 385 g/mol. The molecule has 146 valence electrons. The summed E-state index contributed by atoms with van der Waals surface area (Å²) in [4.78, 5) is 14.6. The van der Waals surface area contributed by atoms with Gasteiger partial charge in [0.15, 0.2) is 0 Å². The Morgan fingerprint density at radius 3 is 2.48 bits per heavy atom. The third kappa shape index (κ3) is 3.72. The third-order valence-electron chi connectivity index (χ3n) is 5.14. The van der Waals surface area contributed by atoms with E-state index in [0.29, 0.717) is 11.9 Å². The zero-order chi connectivity index (χ0) is 20.5. The zero-order valence-electron chi connectivity index (χ0n) is 16.7. The van der Waals surface area contributed by atoms with Crippen molar-refractivity contribution < 1.29 is 9.90 Å². The van der Waals surface area contributed by atoms with E-state index in [2.05, 4.69) is 35.3 Å². The molecule has 0 bridgehead atoms. The molecule has 5 heteroatoms. The number of fused-ring (bicyclic) bond motifs is 1. The minimum atomic E-state index is -0.266. The minimum Gasteiger partial charge on any atom is -0.507 e. The number of aromatic nitrogens is 2. The number of carbonyl (C=O) groups excluding carboxylic acids is 1. The van der Waals surface area contributed by atoms with Crippen LogP contribution in [0.25, 0.3) is 10.9 Å². The molecule has 0 atom stereocenters. The summed E-state index contributed by atoms with van der Waals surface area (Å²) in [5, 5.41) is 18.7. The number of H-pyrrole nitrogens is 1. The molecule has 1 amide bonds. The largest absolute Gasteiger partial charge is 0.507 e. The lowest BCUT2D eigenvalue weighted by Gasteiger charge is -2.18. The van der Waals surface area contributed by atoms with E-state index >= 15 is 0 Å². The maximum absolute atomic E-state index is 13.1. The Kier molecular flexibility index (Phi) is 4.80. The number of phenolic OH excluding ortho intramolecular Hbond substituents is 1. The molecular weight excluding hydrogens is 362 g/mol. The van der Waals surface area contributed by atoms with Gasteiger partial charge in [-0.2, -0.15) is 5.10 Å². The molecule has 0 aliphatic rings. The Bertz CT molecular complexity index is 1210. The highest BCUT2D eigenvalue weighted by molar-refractivity contribution is 6.09. The van der Waals surface area contributed by atoms with Crippen LogP contribution >= 0.6 is 0 Å². The number of hydrogen-bond acceptors (Lipinski definition) is 3. The number of aromatic amines is 1. The number of benzene rings is 3. The number of nitrogens with zero attached hydrogens (tertiary/aromatic N) is 2. The van der Waals surface area contributed by atoms with E-state index in [1.165, 1.54) is 5.56 Å². The van der Waals surface area contributed by atoms with Crippen LogP contribution in [0.5, 0.6) is 5.75 Å². The van der Waals surface area contributed by atoms with E-state index in [1.807, 2.05) is 37.3 Å². The van der Waals surface area contributed by atoms with E-state index in [9.17, 15) is 9.90 Å². The van der Waals surface area contributed by atoms with Gasteiger partial charge in [-0.25, -0.2) is 0 Å². The molecule has 0 aliphatic carbocycles. The van der Waals surface area contributed by atoms with Crippen molar-refractivity contribution in [2.75, 3.05) is 11.9 Å². The van der Waals surface area contributed by atoms with Crippen LogP contribution in [-0.2, 0) is 6.42 Å². The van der Waals surface area contributed by atoms with Crippen molar-refractivity contribution in [3.05, 3.63) is 88.6 Å². The number of anilines is 1. The van der Waals surface area contributed by atoms with Gasteiger partial charge in [0, 0.05) is 36.3 Å². The van der Waals surface area contributed by atoms with Gasteiger partial charge in [0.25, 0.3) is 5.91 Å². The fourth-order valence-corrected chi connectivity index (χ4v) is 3.57. The van der Waals surface area contributed by atoms with Crippen LogP contribution < -0.4 is 4.90 Å². The topological polar surface area (TPSA) is 69.2 Å². The highest BCUT2D eigenvalue weighted by Crippen LogP contribution is 2.29. The molecule has 2 N–H and O–H groups in total. The van der Waals surface area contributed by atoms with Crippen molar-refractivity contribution >= 4 is 22.5 Å². The van der Waals surface area contributed by atoms with Crippen LogP contribution in [0.4, 0.5) is 5.69 Å². The first-order chi connectivity index (χ1) is 13.9. The Hall–Kier alpha value is -3.60. The number of rotatable bonds is 4. The molecule has 0 unspecified atom stereocenters. The monoisotopic (exact) mass is 385 g/mol. The lowest BCUT2D eigenvalue weighted by atomic mass is 10.0. The van der Waals surface area contributed by atoms with Crippen molar-refractivity contribution in [2.24, 2.45) is 0 Å². The summed E-state index contributed by atoms with van der Waals surface area (Å²) < 4.78 is 0. The van der Waals surface area contributed by atoms with Crippen LogP contribution in [-0.4, -0.2) is 28.3 Å². The normalized spacial score (nSPS) is 11.0. The Labute approximate surface area is 169 Å². The molecule has 0 radical (unpaired) electrons. The van der Waals surface area contributed by atoms with Gasteiger partial charge in [-0.15, -0.1) is 0 Å². The van der Waals surface area contributed by atoms with E-state index in [4.69, 9.17) is 0 Å². The van der Waals surface area contributed by atoms with Crippen LogP contribution in [0, 0.1) is 13.8 Å². The van der Waals surface area contributed by atoms with Crippen molar-refractivity contribution in [3.8, 4) is 5.75 Å².